The summed E-state index contributed by atoms with van der Waals surface area (Å²) in [4.78, 5) is 2.31. The van der Waals surface area contributed by atoms with Gasteiger partial charge in [-0.05, 0) is 145 Å². The van der Waals surface area contributed by atoms with Crippen LogP contribution in [-0.2, 0) is 4.74 Å². The Morgan fingerprint density at radius 2 is 1.03 bits per heavy atom. The summed E-state index contributed by atoms with van der Waals surface area (Å²) < 4.78 is 8.87. The molecule has 0 fully saturated rings. The number of nitrogens with zero attached hydrogens (tertiary/aromatic N) is 2. The van der Waals surface area contributed by atoms with E-state index in [4.69, 9.17) is 4.74 Å². The third-order valence-corrected chi connectivity index (χ3v) is 11.9. The minimum atomic E-state index is -0.250. The lowest BCUT2D eigenvalue weighted by Crippen LogP contribution is -2.23. The zero-order valence-corrected chi connectivity index (χ0v) is 37.3. The van der Waals surface area contributed by atoms with Crippen LogP contribution in [0.1, 0.15) is 93.2 Å². The lowest BCUT2D eigenvalue weighted by atomic mass is 9.69. The number of fused-ring (bicyclic) bond motifs is 3. The smallest absolute Gasteiger partial charge is 0.116 e. The van der Waals surface area contributed by atoms with Crippen molar-refractivity contribution in [3.63, 3.8) is 0 Å². The predicted molar refractivity (Wildman–Crippen MR) is 258 cm³/mol. The highest BCUT2D eigenvalue weighted by atomic mass is 16.5. The van der Waals surface area contributed by atoms with Gasteiger partial charge in [-0.25, -0.2) is 0 Å². The van der Waals surface area contributed by atoms with Crippen LogP contribution in [0, 0.1) is 16.7 Å². The average molecular weight is 791 g/mol. The second kappa shape index (κ2) is 16.0. The third-order valence-electron chi connectivity index (χ3n) is 11.9. The molecular weight excluding hydrogens is 729 g/mol. The van der Waals surface area contributed by atoms with Gasteiger partial charge in [-0.3, -0.25) is 0 Å². The van der Waals surface area contributed by atoms with Crippen molar-refractivity contribution in [2.75, 3.05) is 4.90 Å². The van der Waals surface area contributed by atoms with Crippen LogP contribution in [0.15, 0.2) is 170 Å². The molecule has 3 heteroatoms. The van der Waals surface area contributed by atoms with Crippen LogP contribution in [0.2, 0.25) is 0 Å². The predicted octanol–water partition coefficient (Wildman–Crippen LogP) is 16.6. The monoisotopic (exact) mass is 790 g/mol. The summed E-state index contributed by atoms with van der Waals surface area (Å²) in [6.07, 6.45) is 7.94. The minimum Gasteiger partial charge on any atom is -0.488 e. The summed E-state index contributed by atoms with van der Waals surface area (Å²) in [6.45, 7) is 22.8. The van der Waals surface area contributed by atoms with Gasteiger partial charge in [-0.1, -0.05) is 139 Å². The van der Waals surface area contributed by atoms with Crippen LogP contribution in [0.25, 0.3) is 44.1 Å². The van der Waals surface area contributed by atoms with Gasteiger partial charge in [0.05, 0.1) is 6.04 Å². The highest BCUT2D eigenvalue weighted by Crippen LogP contribution is 2.45. The first-order valence-corrected chi connectivity index (χ1v) is 21.8. The molecule has 1 aliphatic rings. The Hall–Kier alpha value is -5.80. The maximum Gasteiger partial charge on any atom is 0.116 e. The van der Waals surface area contributed by atoms with Crippen LogP contribution in [0.4, 0.5) is 17.1 Å². The molecule has 306 valence electrons. The number of aromatic nitrogens is 1. The number of para-hydroxylation sites is 2. The van der Waals surface area contributed by atoms with E-state index in [1.54, 1.807) is 0 Å². The average Bonchev–Trinajstić information content (AvgIpc) is 3.53. The molecule has 3 nitrogen and oxygen atoms in total. The third kappa shape index (κ3) is 8.73. The van der Waals surface area contributed by atoms with Gasteiger partial charge in [0.25, 0.3) is 0 Å². The van der Waals surface area contributed by atoms with Crippen molar-refractivity contribution in [1.29, 1.82) is 0 Å². The van der Waals surface area contributed by atoms with E-state index in [1.807, 2.05) is 0 Å². The molecule has 6 aromatic carbocycles. The zero-order valence-electron chi connectivity index (χ0n) is 37.3. The van der Waals surface area contributed by atoms with Gasteiger partial charge in [-0.2, -0.15) is 0 Å². The van der Waals surface area contributed by atoms with E-state index >= 15 is 0 Å². The normalized spacial score (nSPS) is 16.5. The van der Waals surface area contributed by atoms with Gasteiger partial charge >= 0.3 is 0 Å². The quantitative estimate of drug-likeness (QED) is 0.145. The maximum atomic E-state index is 6.32. The molecule has 0 bridgehead atoms. The molecule has 8 rings (SSSR count). The lowest BCUT2D eigenvalue weighted by molar-refractivity contribution is 0.0575. The Morgan fingerprint density at radius 3 is 1.48 bits per heavy atom. The Kier molecular flexibility index (Phi) is 10.9. The lowest BCUT2D eigenvalue weighted by Gasteiger charge is -2.36. The summed E-state index contributed by atoms with van der Waals surface area (Å²) in [5, 5.41) is 2.53. The van der Waals surface area contributed by atoms with Gasteiger partial charge in [0.15, 0.2) is 0 Å². The van der Waals surface area contributed by atoms with Gasteiger partial charge < -0.3 is 14.2 Å². The fourth-order valence-electron chi connectivity index (χ4n) is 9.11. The number of anilines is 3. The molecule has 0 radical (unpaired) electrons. The fourth-order valence-corrected chi connectivity index (χ4v) is 9.11. The molecule has 7 aromatic rings. The van der Waals surface area contributed by atoms with E-state index < -0.39 is 0 Å². The van der Waals surface area contributed by atoms with E-state index in [-0.39, 0.29) is 28.4 Å². The van der Waals surface area contributed by atoms with Crippen LogP contribution in [0.5, 0.6) is 0 Å². The Balaban J connectivity index is 1.21. The first kappa shape index (κ1) is 41.0. The molecule has 0 saturated carbocycles. The van der Waals surface area contributed by atoms with Crippen molar-refractivity contribution >= 4 is 38.9 Å². The molecule has 1 heterocycles. The van der Waals surface area contributed by atoms with Crippen LogP contribution in [0.3, 0.4) is 0 Å². The number of hydrogen-bond donors (Lipinski definition) is 0. The molecule has 1 aromatic heterocycles. The number of benzene rings is 6. The van der Waals surface area contributed by atoms with E-state index in [0.717, 1.165) is 29.2 Å². The zero-order chi connectivity index (χ0) is 42.4. The second-order valence-corrected chi connectivity index (χ2v) is 20.2. The first-order valence-electron chi connectivity index (χ1n) is 21.8. The largest absolute Gasteiger partial charge is 0.488 e. The van der Waals surface area contributed by atoms with Gasteiger partial charge in [0.2, 0.25) is 0 Å². The van der Waals surface area contributed by atoms with Crippen molar-refractivity contribution in [2.24, 2.45) is 16.7 Å². The minimum absolute atomic E-state index is 0.145. The van der Waals surface area contributed by atoms with E-state index in [1.165, 1.54) is 49.6 Å². The summed E-state index contributed by atoms with van der Waals surface area (Å²) in [5.74, 6) is 1.66. The summed E-state index contributed by atoms with van der Waals surface area (Å²) >= 11 is 0. The van der Waals surface area contributed by atoms with Crippen molar-refractivity contribution in [2.45, 2.75) is 93.2 Å². The molecule has 3 unspecified atom stereocenters. The van der Waals surface area contributed by atoms with E-state index in [2.05, 4.69) is 243 Å². The second-order valence-electron chi connectivity index (χ2n) is 20.2. The maximum absolute atomic E-state index is 6.32. The van der Waals surface area contributed by atoms with Crippen LogP contribution >= 0.6 is 0 Å². The molecular formula is C57H62N2O. The molecule has 1 aliphatic carbocycles. The molecule has 0 spiro atoms. The van der Waals surface area contributed by atoms with Crippen molar-refractivity contribution in [3.05, 3.63) is 175 Å². The van der Waals surface area contributed by atoms with Crippen LogP contribution in [-0.4, -0.2) is 10.2 Å². The topological polar surface area (TPSA) is 17.4 Å². The first-order chi connectivity index (χ1) is 28.5. The summed E-state index contributed by atoms with van der Waals surface area (Å²) in [5.41, 5.74) is 12.3. The highest BCUT2D eigenvalue weighted by molar-refractivity contribution is 6.10. The summed E-state index contributed by atoms with van der Waals surface area (Å²) in [6, 6.07) is 53.9. The summed E-state index contributed by atoms with van der Waals surface area (Å²) in [7, 11) is 0. The van der Waals surface area contributed by atoms with Crippen molar-refractivity contribution < 1.29 is 4.74 Å². The van der Waals surface area contributed by atoms with Gasteiger partial charge in [0.1, 0.15) is 11.4 Å². The molecule has 60 heavy (non-hydrogen) atoms. The van der Waals surface area contributed by atoms with Crippen LogP contribution < -0.4 is 4.90 Å². The number of rotatable bonds is 9. The van der Waals surface area contributed by atoms with Crippen molar-refractivity contribution in [1.82, 2.24) is 4.57 Å². The van der Waals surface area contributed by atoms with E-state index in [0.29, 0.717) is 5.92 Å². The fraction of sp³-hybridized carbons (Fsp3) is 0.298. The Bertz CT molecular complexity index is 2600. The SMILES string of the molecule is CC1C=C(OC(C)(C)C)C=CC1n1c2ccc(-c3ccc(C(CC(C)(C)C)C(C)(C)C)cc3)cc2c2cc(-c3ccc(N(c4ccccc4)c4ccccc4)cc3)ccc21. The standard InChI is InChI=1S/C57H62N2O/c1-39-35-48(60-57(8,9)10)31-34-52(39)59-53-32-27-43(40-21-23-42(24-22-40)51(56(5,6)7)38-55(2,3)4)36-49(53)50-37-44(28-33-54(50)59)41-25-29-47(30-26-41)58(45-17-13-11-14-18-45)46-19-15-12-16-20-46/h11-37,39,51-52H,38H2,1-10H3. The van der Waals surface area contributed by atoms with E-state index in [9.17, 15) is 0 Å². The Morgan fingerprint density at radius 1 is 0.567 bits per heavy atom. The van der Waals surface area contributed by atoms with Gasteiger partial charge in [-0.15, -0.1) is 0 Å². The number of ether oxygens (including phenoxy) is 1. The number of hydrogen-bond acceptors (Lipinski definition) is 2. The Labute approximate surface area is 359 Å². The molecule has 0 saturated heterocycles. The molecule has 0 amide bonds. The number of allylic oxidation sites excluding steroid dienone is 3. The molecule has 0 aliphatic heterocycles. The van der Waals surface area contributed by atoms with Crippen molar-refractivity contribution in [3.8, 4) is 22.3 Å². The molecule has 0 N–H and O–H groups in total. The highest BCUT2D eigenvalue weighted by Gasteiger charge is 2.31. The molecule has 3 atom stereocenters. The van der Waals surface area contributed by atoms with Gasteiger partial charge in [0, 0.05) is 44.8 Å².